The highest BCUT2D eigenvalue weighted by atomic mass is 35.5. The van der Waals surface area contributed by atoms with Crippen molar-refractivity contribution in [2.24, 2.45) is 5.73 Å². The number of carbonyl (C=O) groups excluding carboxylic acids is 1. The van der Waals surface area contributed by atoms with Crippen molar-refractivity contribution in [2.75, 3.05) is 6.61 Å². The van der Waals surface area contributed by atoms with Crippen molar-refractivity contribution in [2.45, 2.75) is 43.5 Å². The van der Waals surface area contributed by atoms with Crippen molar-refractivity contribution in [1.29, 1.82) is 0 Å². The van der Waals surface area contributed by atoms with Gasteiger partial charge in [-0.25, -0.2) is 14.8 Å². The number of esters is 1. The second-order valence-electron chi connectivity index (χ2n) is 5.96. The molecular weight excluding hydrogens is 363 g/mol. The normalized spacial score (nSPS) is 23.2. The van der Waals surface area contributed by atoms with Gasteiger partial charge in [0, 0.05) is 41.0 Å². The molecule has 0 saturated heterocycles. The van der Waals surface area contributed by atoms with Crippen LogP contribution in [0.4, 0.5) is 0 Å². The van der Waals surface area contributed by atoms with E-state index in [2.05, 4.69) is 9.97 Å². The maximum Gasteiger partial charge on any atom is 0.358 e. The summed E-state index contributed by atoms with van der Waals surface area (Å²) in [6, 6.07) is 0. The summed E-state index contributed by atoms with van der Waals surface area (Å²) in [6.07, 6.45) is 6.22. The number of alkyl halides is 2. The molecule has 3 unspecified atom stereocenters. The summed E-state index contributed by atoms with van der Waals surface area (Å²) < 4.78 is 6.83. The predicted molar refractivity (Wildman–Crippen MR) is 97.4 cm³/mol. The highest BCUT2D eigenvalue weighted by Gasteiger charge is 2.30. The molecule has 0 fully saturated rings. The fraction of sp³-hybridized carbons (Fsp3) is 0.471. The van der Waals surface area contributed by atoms with Crippen LogP contribution in [0, 0.1) is 6.92 Å². The van der Waals surface area contributed by atoms with Crippen molar-refractivity contribution in [3.63, 3.8) is 0 Å². The van der Waals surface area contributed by atoms with Crippen LogP contribution in [0.5, 0.6) is 0 Å². The number of ether oxygens (including phenoxy) is 1. The van der Waals surface area contributed by atoms with Gasteiger partial charge < -0.3 is 10.5 Å². The molecule has 0 radical (unpaired) electrons. The molecule has 1 aliphatic carbocycles. The molecule has 2 aromatic rings. The zero-order chi connectivity index (χ0) is 18.1. The van der Waals surface area contributed by atoms with Crippen LogP contribution in [0.3, 0.4) is 0 Å². The lowest BCUT2D eigenvalue weighted by Gasteiger charge is -2.28. The highest BCUT2D eigenvalue weighted by molar-refractivity contribution is 6.25. The quantitative estimate of drug-likeness (QED) is 0.499. The van der Waals surface area contributed by atoms with Gasteiger partial charge >= 0.3 is 5.97 Å². The van der Waals surface area contributed by atoms with Crippen molar-refractivity contribution >= 4 is 34.9 Å². The molecule has 1 aliphatic rings. The zero-order valence-electron chi connectivity index (χ0n) is 14.1. The number of allylic oxidation sites excluding steroid dienone is 2. The zero-order valence-corrected chi connectivity index (χ0v) is 15.6. The first kappa shape index (κ1) is 18.2. The summed E-state index contributed by atoms with van der Waals surface area (Å²) in [5.41, 5.74) is 8.76. The number of aromatic nitrogens is 3. The van der Waals surface area contributed by atoms with Crippen LogP contribution < -0.4 is 5.73 Å². The second-order valence-corrected chi connectivity index (χ2v) is 7.08. The fourth-order valence-corrected chi connectivity index (χ4v) is 3.92. The summed E-state index contributed by atoms with van der Waals surface area (Å²) in [4.78, 5) is 20.8. The Morgan fingerprint density at radius 1 is 1.40 bits per heavy atom. The fourth-order valence-electron chi connectivity index (χ4n) is 3.16. The molecule has 2 N–H and O–H groups in total. The Balaban J connectivity index is 2.20. The van der Waals surface area contributed by atoms with Crippen LogP contribution in [-0.4, -0.2) is 37.7 Å². The topological polar surface area (TPSA) is 82.5 Å². The minimum atomic E-state index is -0.478. The van der Waals surface area contributed by atoms with E-state index < -0.39 is 5.97 Å². The number of hydrogen-bond donors (Lipinski definition) is 1. The third-order valence-electron chi connectivity index (χ3n) is 4.33. The first-order valence-electron chi connectivity index (χ1n) is 8.18. The largest absolute Gasteiger partial charge is 0.461 e. The van der Waals surface area contributed by atoms with E-state index in [1.165, 1.54) is 0 Å². The molecule has 8 heteroatoms. The van der Waals surface area contributed by atoms with Gasteiger partial charge in [0.2, 0.25) is 5.78 Å². The number of imidazole rings is 1. The van der Waals surface area contributed by atoms with E-state index in [0.29, 0.717) is 18.7 Å². The lowest BCUT2D eigenvalue weighted by Crippen LogP contribution is -2.24. The maximum atomic E-state index is 12.0. The van der Waals surface area contributed by atoms with Crippen molar-refractivity contribution in [3.8, 4) is 0 Å². The minimum Gasteiger partial charge on any atom is -0.461 e. The molecule has 0 aliphatic heterocycles. The number of aryl methyl sites for hydroxylation is 1. The number of rotatable bonds is 4. The van der Waals surface area contributed by atoms with Gasteiger partial charge in [0.1, 0.15) is 0 Å². The van der Waals surface area contributed by atoms with E-state index in [1.54, 1.807) is 17.5 Å². The molecule has 0 aromatic carbocycles. The van der Waals surface area contributed by atoms with E-state index in [4.69, 9.17) is 33.7 Å². The van der Waals surface area contributed by atoms with Gasteiger partial charge in [-0.3, -0.25) is 4.40 Å². The molecule has 3 rings (SSSR count). The number of hydrogen-bond acceptors (Lipinski definition) is 5. The summed E-state index contributed by atoms with van der Waals surface area (Å²) >= 11 is 12.8. The van der Waals surface area contributed by atoms with E-state index in [1.807, 2.05) is 19.1 Å². The van der Waals surface area contributed by atoms with Crippen LogP contribution in [0.1, 0.15) is 46.7 Å². The molecular formula is C17H20Cl2N4O2. The molecule has 6 nitrogen and oxygen atoms in total. The van der Waals surface area contributed by atoms with Crippen molar-refractivity contribution in [1.82, 2.24) is 14.4 Å². The van der Waals surface area contributed by atoms with Gasteiger partial charge in [0.05, 0.1) is 12.0 Å². The van der Waals surface area contributed by atoms with Crippen molar-refractivity contribution < 1.29 is 9.53 Å². The van der Waals surface area contributed by atoms with Gasteiger partial charge in [-0.1, -0.05) is 12.2 Å². The van der Waals surface area contributed by atoms with Gasteiger partial charge in [0.25, 0.3) is 0 Å². The molecule has 0 spiro atoms. The Hall–Kier alpha value is -1.63. The lowest BCUT2D eigenvalue weighted by molar-refractivity contribution is 0.0520. The second kappa shape index (κ2) is 7.32. The molecule has 2 aromatic heterocycles. The van der Waals surface area contributed by atoms with Gasteiger partial charge in [-0.2, -0.15) is 0 Å². The average molecular weight is 383 g/mol. The minimum absolute atomic E-state index is 0.0867. The van der Waals surface area contributed by atoms with E-state index in [-0.39, 0.29) is 29.0 Å². The molecule has 2 heterocycles. The molecule has 0 bridgehead atoms. The Morgan fingerprint density at radius 2 is 2.16 bits per heavy atom. The Kier molecular flexibility index (Phi) is 5.32. The van der Waals surface area contributed by atoms with Gasteiger partial charge in [-0.05, 0) is 20.3 Å². The first-order chi connectivity index (χ1) is 12.0. The number of carbonyl (C=O) groups is 1. The number of halogens is 2. The van der Waals surface area contributed by atoms with E-state index in [9.17, 15) is 4.79 Å². The molecule has 0 saturated carbocycles. The third kappa shape index (κ3) is 3.38. The lowest BCUT2D eigenvalue weighted by atomic mass is 9.89. The van der Waals surface area contributed by atoms with Crippen molar-refractivity contribution in [3.05, 3.63) is 41.0 Å². The average Bonchev–Trinajstić information content (AvgIpc) is 2.98. The van der Waals surface area contributed by atoms with Gasteiger partial charge in [-0.15, -0.1) is 23.2 Å². The van der Waals surface area contributed by atoms with Crippen LogP contribution in [0.25, 0.3) is 5.78 Å². The summed E-state index contributed by atoms with van der Waals surface area (Å²) in [5, 5.41) is -0.271. The SMILES string of the molecule is CCOC(=O)c1cn2c(C3C=CC(Cl)CC3Cl)c(CN)c(C)nc2n1. The maximum absolute atomic E-state index is 12.0. The monoisotopic (exact) mass is 382 g/mol. The van der Waals surface area contributed by atoms with Crippen LogP contribution in [-0.2, 0) is 11.3 Å². The first-order valence-corrected chi connectivity index (χ1v) is 9.05. The molecule has 3 atom stereocenters. The number of nitrogens with two attached hydrogens (primary N) is 1. The highest BCUT2D eigenvalue weighted by Crippen LogP contribution is 2.36. The molecule has 134 valence electrons. The third-order valence-corrected chi connectivity index (χ3v) is 5.11. The number of fused-ring (bicyclic) bond motifs is 1. The Morgan fingerprint density at radius 3 is 2.80 bits per heavy atom. The summed E-state index contributed by atoms with van der Waals surface area (Å²) in [7, 11) is 0. The summed E-state index contributed by atoms with van der Waals surface area (Å²) in [6.45, 7) is 4.23. The van der Waals surface area contributed by atoms with Crippen LogP contribution >= 0.6 is 23.2 Å². The van der Waals surface area contributed by atoms with Crippen LogP contribution in [0.15, 0.2) is 18.3 Å². The predicted octanol–water partition coefficient (Wildman–Crippen LogP) is 2.93. The van der Waals surface area contributed by atoms with E-state index >= 15 is 0 Å². The Bertz CT molecular complexity index is 834. The van der Waals surface area contributed by atoms with Gasteiger partial charge in [0.15, 0.2) is 5.69 Å². The standard InChI is InChI=1S/C17H20Cl2N4O2/c1-3-25-16(24)14-8-23-15(11-5-4-10(18)6-13(11)19)12(7-20)9(2)21-17(23)22-14/h4-5,8,10-11,13H,3,6-7,20H2,1-2H3. The summed E-state index contributed by atoms with van der Waals surface area (Å²) in [5.74, 6) is -0.144. The van der Waals surface area contributed by atoms with Crippen LogP contribution in [0.2, 0.25) is 0 Å². The van der Waals surface area contributed by atoms with E-state index in [0.717, 1.165) is 17.0 Å². The smallest absolute Gasteiger partial charge is 0.358 e. The Labute approximate surface area is 156 Å². The molecule has 0 amide bonds. The molecule has 25 heavy (non-hydrogen) atoms. The number of nitrogens with zero attached hydrogens (tertiary/aromatic N) is 3.